The van der Waals surface area contributed by atoms with Crippen LogP contribution in [0.4, 0.5) is 4.79 Å². The molecule has 3 heterocycles. The van der Waals surface area contributed by atoms with Gasteiger partial charge in [-0.05, 0) is 56.0 Å². The second-order valence-electron chi connectivity index (χ2n) is 11.7. The van der Waals surface area contributed by atoms with Gasteiger partial charge in [-0.25, -0.2) is 9.59 Å². The van der Waals surface area contributed by atoms with Crippen molar-refractivity contribution in [2.75, 3.05) is 20.3 Å². The molecule has 2 amide bonds. The number of carbonyl (C=O) groups excluding carboxylic acids is 2. The Morgan fingerprint density at radius 1 is 1.30 bits per heavy atom. The molecule has 0 aliphatic carbocycles. The van der Waals surface area contributed by atoms with Crippen LogP contribution in [0.2, 0.25) is 18.1 Å². The maximum absolute atomic E-state index is 13.2. The number of hydrogen-bond donors (Lipinski definition) is 1. The summed E-state index contributed by atoms with van der Waals surface area (Å²) in [5.74, 6) is -1.71. The third kappa shape index (κ3) is 5.56. The zero-order chi connectivity index (χ0) is 27.9. The van der Waals surface area contributed by atoms with Crippen LogP contribution in [-0.4, -0.2) is 85.7 Å². The molecule has 5 atom stereocenters. The van der Waals surface area contributed by atoms with Gasteiger partial charge in [0.05, 0.1) is 36.8 Å². The number of likely N-dealkylation sites (tertiary alicyclic amines) is 1. The Kier molecular flexibility index (Phi) is 8.46. The van der Waals surface area contributed by atoms with Crippen molar-refractivity contribution in [1.82, 2.24) is 9.80 Å². The number of aliphatic carboxylic acids is 1. The highest BCUT2D eigenvalue weighted by molar-refractivity contribution is 6.74. The number of ether oxygens (including phenoxy) is 2. The van der Waals surface area contributed by atoms with Crippen LogP contribution in [0, 0.1) is 5.92 Å². The standard InChI is InChI=1S/C27H42N2O7Si/c1-10-11-35-26(33)28-15-19(34-7)13-18(28)12-16(2)20-14-21-22(24(30)29(21)23(20)25(31)32)17(3)36-37(8,9)27(4,5)6/h10,12,17-19,21-22H,1,11,13-15H2,2-9H3,(H,31,32)/t17-,18-,19+,21-,22-/m1/s1. The number of β-lactam (4-membered cyclic amide) rings is 1. The molecule has 37 heavy (non-hydrogen) atoms. The molecule has 0 saturated carbocycles. The fourth-order valence-electron chi connectivity index (χ4n) is 5.29. The van der Waals surface area contributed by atoms with E-state index in [0.717, 1.165) is 5.57 Å². The molecular formula is C27H42N2O7Si. The van der Waals surface area contributed by atoms with E-state index in [4.69, 9.17) is 13.9 Å². The summed E-state index contributed by atoms with van der Waals surface area (Å²) in [6.07, 6.45) is 3.48. The lowest BCUT2D eigenvalue weighted by molar-refractivity contribution is -0.160. The molecule has 1 N–H and O–H groups in total. The lowest BCUT2D eigenvalue weighted by Crippen LogP contribution is -2.63. The van der Waals surface area contributed by atoms with E-state index in [0.29, 0.717) is 25.0 Å². The Morgan fingerprint density at radius 2 is 1.95 bits per heavy atom. The van der Waals surface area contributed by atoms with E-state index in [2.05, 4.69) is 40.4 Å². The highest BCUT2D eigenvalue weighted by Crippen LogP contribution is 2.48. The SMILES string of the molecule is C=CCOC(=O)N1C[C@@H](OC)C[C@H]1C=C(C)C1=C(C(=O)O)N2C(=O)[C@H]([C@@H](C)O[Si](C)(C)C(C)(C)C)[C@H]2C1. The van der Waals surface area contributed by atoms with Crippen molar-refractivity contribution >= 4 is 26.3 Å². The first-order valence-electron chi connectivity index (χ1n) is 12.9. The zero-order valence-electron chi connectivity index (χ0n) is 23.4. The van der Waals surface area contributed by atoms with Gasteiger partial charge in [-0.15, -0.1) is 0 Å². The predicted molar refractivity (Wildman–Crippen MR) is 142 cm³/mol. The van der Waals surface area contributed by atoms with E-state index in [1.807, 2.05) is 19.9 Å². The maximum atomic E-state index is 13.2. The first-order valence-corrected chi connectivity index (χ1v) is 15.8. The van der Waals surface area contributed by atoms with Gasteiger partial charge in [-0.2, -0.15) is 0 Å². The molecule has 0 aromatic carbocycles. The zero-order valence-corrected chi connectivity index (χ0v) is 24.4. The van der Waals surface area contributed by atoms with Crippen LogP contribution in [0.3, 0.4) is 0 Å². The minimum Gasteiger partial charge on any atom is -0.477 e. The minimum atomic E-state index is -2.11. The first-order chi connectivity index (χ1) is 17.1. The van der Waals surface area contributed by atoms with Gasteiger partial charge < -0.3 is 23.9 Å². The summed E-state index contributed by atoms with van der Waals surface area (Å²) in [4.78, 5) is 41.1. The highest BCUT2D eigenvalue weighted by Gasteiger charge is 2.58. The Labute approximate surface area is 221 Å². The molecule has 3 aliphatic rings. The van der Waals surface area contributed by atoms with Gasteiger partial charge in [0, 0.05) is 7.11 Å². The number of hydrogen-bond acceptors (Lipinski definition) is 6. The molecule has 206 valence electrons. The lowest BCUT2D eigenvalue weighted by Gasteiger charge is -2.48. The van der Waals surface area contributed by atoms with Gasteiger partial charge in [0.15, 0.2) is 8.32 Å². The van der Waals surface area contributed by atoms with Crippen LogP contribution >= 0.6 is 0 Å². The van der Waals surface area contributed by atoms with Crippen molar-refractivity contribution in [3.63, 3.8) is 0 Å². The molecule has 0 aromatic rings. The minimum absolute atomic E-state index is 0.00157. The summed E-state index contributed by atoms with van der Waals surface area (Å²) in [7, 11) is -0.507. The summed E-state index contributed by atoms with van der Waals surface area (Å²) < 4.78 is 17.2. The van der Waals surface area contributed by atoms with E-state index in [1.165, 1.54) is 11.0 Å². The van der Waals surface area contributed by atoms with Crippen molar-refractivity contribution in [3.05, 3.63) is 35.6 Å². The number of allylic oxidation sites excluding steroid dienone is 1. The first kappa shape index (κ1) is 29.1. The number of carboxylic acid groups (broad SMARTS) is 1. The fraction of sp³-hybridized carbons (Fsp3) is 0.667. The quantitative estimate of drug-likeness (QED) is 0.267. The molecule has 0 spiro atoms. The molecule has 3 rings (SSSR count). The van der Waals surface area contributed by atoms with E-state index in [1.54, 1.807) is 12.0 Å². The molecule has 0 aromatic heterocycles. The third-order valence-corrected chi connectivity index (χ3v) is 12.9. The third-order valence-electron chi connectivity index (χ3n) is 8.32. The van der Waals surface area contributed by atoms with Crippen molar-refractivity contribution in [2.45, 2.75) is 89.9 Å². The average Bonchev–Trinajstić information content (AvgIpc) is 3.35. The summed E-state index contributed by atoms with van der Waals surface area (Å²) in [5.41, 5.74) is 1.38. The molecule has 2 saturated heterocycles. The second kappa shape index (κ2) is 10.7. The number of methoxy groups -OCH3 is 1. The fourth-order valence-corrected chi connectivity index (χ4v) is 6.72. The Hall–Kier alpha value is -2.43. The van der Waals surface area contributed by atoms with Crippen LogP contribution in [0.5, 0.6) is 0 Å². The highest BCUT2D eigenvalue weighted by atomic mass is 28.4. The van der Waals surface area contributed by atoms with E-state index >= 15 is 0 Å². The number of carboxylic acids is 1. The van der Waals surface area contributed by atoms with E-state index < -0.39 is 20.4 Å². The van der Waals surface area contributed by atoms with Crippen molar-refractivity contribution in [3.8, 4) is 0 Å². The number of nitrogens with zero attached hydrogens (tertiary/aromatic N) is 2. The number of fused-ring (bicyclic) bond motifs is 1. The van der Waals surface area contributed by atoms with E-state index in [-0.39, 0.29) is 53.5 Å². The Bertz CT molecular complexity index is 1010. The summed E-state index contributed by atoms with van der Waals surface area (Å²) in [6, 6.07) is -0.564. The van der Waals surface area contributed by atoms with Gasteiger partial charge >= 0.3 is 12.1 Å². The molecular weight excluding hydrogens is 492 g/mol. The number of rotatable bonds is 9. The molecule has 3 aliphatic heterocycles. The molecule has 0 unspecified atom stereocenters. The van der Waals surface area contributed by atoms with Gasteiger partial charge in [0.1, 0.15) is 12.3 Å². The van der Waals surface area contributed by atoms with E-state index in [9.17, 15) is 19.5 Å². The van der Waals surface area contributed by atoms with Gasteiger partial charge in [-0.3, -0.25) is 9.69 Å². The van der Waals surface area contributed by atoms with Crippen LogP contribution in [0.1, 0.15) is 47.5 Å². The second-order valence-corrected chi connectivity index (χ2v) is 16.5. The molecule has 9 nitrogen and oxygen atoms in total. The van der Waals surface area contributed by atoms with Crippen LogP contribution in [0.15, 0.2) is 35.6 Å². The van der Waals surface area contributed by atoms with Gasteiger partial charge in [0.25, 0.3) is 0 Å². The molecule has 0 radical (unpaired) electrons. The van der Waals surface area contributed by atoms with Crippen LogP contribution in [-0.2, 0) is 23.5 Å². The smallest absolute Gasteiger partial charge is 0.410 e. The maximum Gasteiger partial charge on any atom is 0.410 e. The molecule has 2 fully saturated rings. The van der Waals surface area contributed by atoms with Gasteiger partial charge in [0.2, 0.25) is 5.91 Å². The largest absolute Gasteiger partial charge is 0.477 e. The van der Waals surface area contributed by atoms with Crippen molar-refractivity contribution < 1.29 is 33.4 Å². The molecule has 10 heteroatoms. The summed E-state index contributed by atoms with van der Waals surface area (Å²) in [6.45, 7) is 18.6. The summed E-state index contributed by atoms with van der Waals surface area (Å²) in [5, 5.41) is 10.0. The van der Waals surface area contributed by atoms with Crippen molar-refractivity contribution in [1.29, 1.82) is 0 Å². The number of amides is 2. The topological polar surface area (TPSA) is 106 Å². The van der Waals surface area contributed by atoms with Crippen LogP contribution < -0.4 is 0 Å². The average molecular weight is 535 g/mol. The van der Waals surface area contributed by atoms with Crippen molar-refractivity contribution in [2.24, 2.45) is 5.92 Å². The molecule has 0 bridgehead atoms. The Morgan fingerprint density at radius 3 is 2.49 bits per heavy atom. The summed E-state index contributed by atoms with van der Waals surface area (Å²) >= 11 is 0. The number of carbonyl (C=O) groups is 3. The van der Waals surface area contributed by atoms with Crippen LogP contribution in [0.25, 0.3) is 0 Å². The normalized spacial score (nSPS) is 27.2. The monoisotopic (exact) mass is 534 g/mol. The lowest BCUT2D eigenvalue weighted by atomic mass is 9.82. The predicted octanol–water partition coefficient (Wildman–Crippen LogP) is 4.32. The Balaban J connectivity index is 1.84. The van der Waals surface area contributed by atoms with Gasteiger partial charge in [-0.1, -0.05) is 39.5 Å².